The van der Waals surface area contributed by atoms with Gasteiger partial charge in [-0.3, -0.25) is 0 Å². The van der Waals surface area contributed by atoms with Gasteiger partial charge < -0.3 is 9.72 Å². The Morgan fingerprint density at radius 2 is 1.81 bits per heavy atom. The fraction of sp³-hybridized carbons (Fsp3) is 0.0500. The van der Waals surface area contributed by atoms with E-state index in [1.807, 2.05) is 54.6 Å². The van der Waals surface area contributed by atoms with Crippen LogP contribution in [0, 0.1) is 0 Å². The first kappa shape index (κ1) is 16.3. The third kappa shape index (κ3) is 3.05. The molecule has 0 aliphatic rings. The van der Waals surface area contributed by atoms with Gasteiger partial charge in [0, 0.05) is 16.5 Å². The predicted molar refractivity (Wildman–Crippen MR) is 103 cm³/mol. The van der Waals surface area contributed by atoms with Gasteiger partial charge in [-0.05, 0) is 30.3 Å². The van der Waals surface area contributed by atoms with Crippen LogP contribution in [0.2, 0.25) is 5.15 Å². The quantitative estimate of drug-likeness (QED) is 0.550. The largest absolute Gasteiger partial charge is 0.497 e. The fourth-order valence-corrected chi connectivity index (χ4v) is 3.05. The molecule has 0 unspecified atom stereocenters. The number of halogens is 1. The van der Waals surface area contributed by atoms with Gasteiger partial charge in [-0.15, -0.1) is 0 Å². The maximum atomic E-state index is 12.1. The molecule has 2 aromatic heterocycles. The number of methoxy groups -OCH3 is 1. The Hall–Kier alpha value is -3.18. The average Bonchev–Trinajstić information content (AvgIpc) is 2.67. The zero-order valence-corrected chi connectivity index (χ0v) is 14.6. The summed E-state index contributed by atoms with van der Waals surface area (Å²) < 4.78 is 5.27. The maximum absolute atomic E-state index is 12.1. The predicted octanol–water partition coefficient (Wildman–Crippen LogP) is 4.31. The van der Waals surface area contributed by atoms with Gasteiger partial charge in [-0.2, -0.15) is 4.98 Å². The van der Waals surface area contributed by atoms with Crippen LogP contribution in [0.1, 0.15) is 0 Å². The molecular formula is C20H14ClN3O2. The van der Waals surface area contributed by atoms with Crippen molar-refractivity contribution in [3.05, 3.63) is 76.3 Å². The van der Waals surface area contributed by atoms with Crippen LogP contribution in [0.4, 0.5) is 0 Å². The van der Waals surface area contributed by atoms with Crippen LogP contribution in [0.3, 0.4) is 0 Å². The van der Waals surface area contributed by atoms with E-state index in [0.717, 1.165) is 22.2 Å². The molecule has 128 valence electrons. The number of aromatic amines is 1. The Morgan fingerprint density at radius 1 is 1.00 bits per heavy atom. The van der Waals surface area contributed by atoms with Crippen LogP contribution in [0.15, 0.2) is 65.5 Å². The van der Waals surface area contributed by atoms with E-state index in [9.17, 15) is 4.79 Å². The molecule has 4 aromatic rings. The van der Waals surface area contributed by atoms with Gasteiger partial charge >= 0.3 is 5.69 Å². The van der Waals surface area contributed by atoms with Crippen molar-refractivity contribution in [2.45, 2.75) is 0 Å². The molecule has 6 heteroatoms. The van der Waals surface area contributed by atoms with E-state index < -0.39 is 5.69 Å². The molecule has 26 heavy (non-hydrogen) atoms. The monoisotopic (exact) mass is 363 g/mol. The van der Waals surface area contributed by atoms with E-state index in [0.29, 0.717) is 22.1 Å². The standard InChI is InChI=1S/C20H14ClN3O2/c1-26-14-7-8-16-13(9-14)10-15(19(21)22-16)18-11-17(23-20(25)24-18)12-5-3-2-4-6-12/h2-11H,1H3,(H,23,24,25). The molecule has 0 fully saturated rings. The first-order valence-electron chi connectivity index (χ1n) is 7.95. The number of fused-ring (bicyclic) bond motifs is 1. The van der Waals surface area contributed by atoms with E-state index in [1.54, 1.807) is 13.2 Å². The summed E-state index contributed by atoms with van der Waals surface area (Å²) in [4.78, 5) is 23.3. The summed E-state index contributed by atoms with van der Waals surface area (Å²) in [7, 11) is 1.61. The zero-order valence-electron chi connectivity index (χ0n) is 13.9. The van der Waals surface area contributed by atoms with Crippen LogP contribution < -0.4 is 10.4 Å². The molecule has 0 atom stereocenters. The van der Waals surface area contributed by atoms with E-state index in [2.05, 4.69) is 15.0 Å². The molecule has 2 aromatic carbocycles. The van der Waals surface area contributed by atoms with Crippen LogP contribution in [0.25, 0.3) is 33.4 Å². The van der Waals surface area contributed by atoms with Crippen molar-refractivity contribution in [3.63, 3.8) is 0 Å². The molecule has 0 aliphatic heterocycles. The summed E-state index contributed by atoms with van der Waals surface area (Å²) >= 11 is 6.38. The first-order chi connectivity index (χ1) is 12.6. The highest BCUT2D eigenvalue weighted by Gasteiger charge is 2.12. The molecule has 1 N–H and O–H groups in total. The number of ether oxygens (including phenoxy) is 1. The molecule has 0 saturated carbocycles. The van der Waals surface area contributed by atoms with Crippen molar-refractivity contribution < 1.29 is 4.74 Å². The number of hydrogen-bond donors (Lipinski definition) is 1. The molecule has 5 nitrogen and oxygen atoms in total. The number of benzene rings is 2. The Kier molecular flexibility index (Phi) is 4.14. The normalized spacial score (nSPS) is 10.8. The second-order valence-electron chi connectivity index (χ2n) is 5.74. The molecule has 2 heterocycles. The van der Waals surface area contributed by atoms with Crippen molar-refractivity contribution >= 4 is 22.5 Å². The first-order valence-corrected chi connectivity index (χ1v) is 8.33. The third-order valence-electron chi connectivity index (χ3n) is 4.08. The number of H-pyrrole nitrogens is 1. The molecule has 0 amide bonds. The Balaban J connectivity index is 1.91. The minimum atomic E-state index is -0.442. The number of aromatic nitrogens is 3. The molecule has 4 rings (SSSR count). The molecule has 0 bridgehead atoms. The van der Waals surface area contributed by atoms with Gasteiger partial charge in [0.15, 0.2) is 0 Å². The van der Waals surface area contributed by atoms with Crippen molar-refractivity contribution in [1.82, 2.24) is 15.0 Å². The number of rotatable bonds is 3. The van der Waals surface area contributed by atoms with Crippen LogP contribution in [-0.2, 0) is 0 Å². The van der Waals surface area contributed by atoms with E-state index in [-0.39, 0.29) is 0 Å². The highest BCUT2D eigenvalue weighted by atomic mass is 35.5. The van der Waals surface area contributed by atoms with Crippen LogP contribution in [0.5, 0.6) is 5.75 Å². The maximum Gasteiger partial charge on any atom is 0.345 e. The Labute approximate surface area is 154 Å². The lowest BCUT2D eigenvalue weighted by atomic mass is 10.1. The molecular weight excluding hydrogens is 350 g/mol. The minimum absolute atomic E-state index is 0.309. The lowest BCUT2D eigenvalue weighted by Crippen LogP contribution is -2.12. The van der Waals surface area contributed by atoms with E-state index in [4.69, 9.17) is 16.3 Å². The zero-order chi connectivity index (χ0) is 18.1. The fourth-order valence-electron chi connectivity index (χ4n) is 2.81. The van der Waals surface area contributed by atoms with Gasteiger partial charge in [0.1, 0.15) is 10.9 Å². The summed E-state index contributed by atoms with van der Waals surface area (Å²) in [5, 5.41) is 1.17. The number of pyridine rings is 1. The van der Waals surface area contributed by atoms with Crippen LogP contribution >= 0.6 is 11.6 Å². The summed E-state index contributed by atoms with van der Waals surface area (Å²) in [5.74, 6) is 0.723. The lowest BCUT2D eigenvalue weighted by molar-refractivity contribution is 0.415. The van der Waals surface area contributed by atoms with Gasteiger partial charge in [-0.25, -0.2) is 9.78 Å². The molecule has 0 spiro atoms. The van der Waals surface area contributed by atoms with Gasteiger partial charge in [0.25, 0.3) is 0 Å². The summed E-state index contributed by atoms with van der Waals surface area (Å²) in [6.07, 6.45) is 0. The second kappa shape index (κ2) is 6.61. The van der Waals surface area contributed by atoms with E-state index in [1.165, 1.54) is 0 Å². The van der Waals surface area contributed by atoms with Crippen molar-refractivity contribution in [3.8, 4) is 28.3 Å². The van der Waals surface area contributed by atoms with Crippen molar-refractivity contribution in [1.29, 1.82) is 0 Å². The topological polar surface area (TPSA) is 67.9 Å². The average molecular weight is 364 g/mol. The van der Waals surface area contributed by atoms with Gasteiger partial charge in [0.05, 0.1) is 24.0 Å². The second-order valence-corrected chi connectivity index (χ2v) is 6.09. The third-order valence-corrected chi connectivity index (χ3v) is 4.37. The molecule has 0 radical (unpaired) electrons. The molecule has 0 aliphatic carbocycles. The summed E-state index contributed by atoms with van der Waals surface area (Å²) in [6.45, 7) is 0. The van der Waals surface area contributed by atoms with Crippen molar-refractivity contribution in [2.24, 2.45) is 0 Å². The lowest BCUT2D eigenvalue weighted by Gasteiger charge is -2.09. The van der Waals surface area contributed by atoms with Crippen molar-refractivity contribution in [2.75, 3.05) is 7.11 Å². The summed E-state index contributed by atoms with van der Waals surface area (Å²) in [5.41, 5.74) is 2.93. The number of nitrogens with zero attached hydrogens (tertiary/aromatic N) is 2. The Bertz CT molecular complexity index is 1160. The summed E-state index contributed by atoms with van der Waals surface area (Å²) in [6, 6.07) is 18.7. The highest BCUT2D eigenvalue weighted by molar-refractivity contribution is 6.32. The number of nitrogens with one attached hydrogen (secondary N) is 1. The van der Waals surface area contributed by atoms with Gasteiger partial charge in [-0.1, -0.05) is 41.9 Å². The number of hydrogen-bond acceptors (Lipinski definition) is 4. The molecule has 0 saturated heterocycles. The smallest absolute Gasteiger partial charge is 0.345 e. The Morgan fingerprint density at radius 3 is 2.58 bits per heavy atom. The van der Waals surface area contributed by atoms with Crippen LogP contribution in [-0.4, -0.2) is 22.1 Å². The van der Waals surface area contributed by atoms with E-state index >= 15 is 0 Å². The SMILES string of the molecule is COc1ccc2nc(Cl)c(-c3cc(-c4ccccc4)nc(=O)[nH]3)cc2c1. The minimum Gasteiger partial charge on any atom is -0.497 e. The van der Waals surface area contributed by atoms with Gasteiger partial charge in [0.2, 0.25) is 0 Å². The highest BCUT2D eigenvalue weighted by Crippen LogP contribution is 2.31.